The Morgan fingerprint density at radius 3 is 1.80 bits per heavy atom. The van der Waals surface area contributed by atoms with Crippen LogP contribution in [0, 0.1) is 0 Å². The third kappa shape index (κ3) is 5.56. The second-order valence-corrected chi connectivity index (χ2v) is 16.3. The monoisotopic (exact) mass is 779 g/mol. The molecule has 2 nitrogen and oxygen atoms in total. The third-order valence-electron chi connectivity index (χ3n) is 13.1. The molecule has 0 N–H and O–H groups in total. The van der Waals surface area contributed by atoms with Crippen LogP contribution in [0.1, 0.15) is 40.2 Å². The SMILES string of the molecule is C1=CCC(c2ccc(N(c3ccc4c(c3)C(c3ccccc3)(c3ccccc3)c3ccccc3-4)c3ccc4c(c3)oc3cc(-c5ccccc5)c5ccccc5c34)cc2)C=C1. The van der Waals surface area contributed by atoms with Crippen LogP contribution in [0.3, 0.4) is 0 Å². The van der Waals surface area contributed by atoms with Crippen molar-refractivity contribution in [3.05, 3.63) is 258 Å². The molecule has 0 aliphatic heterocycles. The fourth-order valence-electron chi connectivity index (χ4n) is 10.3. The molecule has 9 aromatic carbocycles. The highest BCUT2D eigenvalue weighted by atomic mass is 16.3. The van der Waals surface area contributed by atoms with Gasteiger partial charge in [0.1, 0.15) is 11.2 Å². The predicted molar refractivity (Wildman–Crippen MR) is 254 cm³/mol. The molecule has 0 saturated heterocycles. The summed E-state index contributed by atoms with van der Waals surface area (Å²) < 4.78 is 6.91. The number of rotatable bonds is 7. The molecule has 61 heavy (non-hydrogen) atoms. The molecule has 288 valence electrons. The molecule has 2 heteroatoms. The van der Waals surface area contributed by atoms with E-state index in [9.17, 15) is 0 Å². The van der Waals surface area contributed by atoms with E-state index in [-0.39, 0.29) is 0 Å². The first-order chi connectivity index (χ1) is 30.3. The lowest BCUT2D eigenvalue weighted by atomic mass is 9.67. The summed E-state index contributed by atoms with van der Waals surface area (Å²) in [6.45, 7) is 0. The second-order valence-electron chi connectivity index (χ2n) is 16.3. The smallest absolute Gasteiger partial charge is 0.137 e. The van der Waals surface area contributed by atoms with Crippen LogP contribution >= 0.6 is 0 Å². The van der Waals surface area contributed by atoms with Crippen LogP contribution < -0.4 is 4.90 Å². The summed E-state index contributed by atoms with van der Waals surface area (Å²) in [5.41, 5.74) is 15.7. The lowest BCUT2D eigenvalue weighted by molar-refractivity contribution is 0.669. The fraction of sp³-hybridized carbons (Fsp3) is 0.0508. The molecule has 0 saturated carbocycles. The summed E-state index contributed by atoms with van der Waals surface area (Å²) in [5, 5.41) is 4.67. The van der Waals surface area contributed by atoms with Crippen molar-refractivity contribution in [2.24, 2.45) is 0 Å². The first-order valence-electron chi connectivity index (χ1n) is 21.3. The number of hydrogen-bond acceptors (Lipinski definition) is 2. The number of fused-ring (bicyclic) bond motifs is 8. The average molecular weight is 780 g/mol. The first kappa shape index (κ1) is 35.3. The van der Waals surface area contributed by atoms with Gasteiger partial charge in [-0.3, -0.25) is 0 Å². The summed E-state index contributed by atoms with van der Waals surface area (Å²) in [6.07, 6.45) is 9.88. The number of hydrogen-bond donors (Lipinski definition) is 0. The molecular weight excluding hydrogens is 739 g/mol. The van der Waals surface area contributed by atoms with Gasteiger partial charge in [-0.05, 0) is 110 Å². The maximum Gasteiger partial charge on any atom is 0.137 e. The molecule has 1 atom stereocenters. The number of benzene rings is 9. The zero-order valence-corrected chi connectivity index (χ0v) is 33.6. The number of allylic oxidation sites excluding steroid dienone is 4. The van der Waals surface area contributed by atoms with Crippen LogP contribution in [0.4, 0.5) is 17.1 Å². The Morgan fingerprint density at radius 2 is 1.07 bits per heavy atom. The Hall–Kier alpha value is -7.68. The second kappa shape index (κ2) is 14.3. The van der Waals surface area contributed by atoms with Gasteiger partial charge < -0.3 is 9.32 Å². The fourth-order valence-corrected chi connectivity index (χ4v) is 10.3. The highest BCUT2D eigenvalue weighted by molar-refractivity contribution is 6.22. The molecule has 1 aromatic heterocycles. The van der Waals surface area contributed by atoms with Gasteiger partial charge in [-0.1, -0.05) is 182 Å². The first-order valence-corrected chi connectivity index (χ1v) is 21.3. The number of furan rings is 1. The summed E-state index contributed by atoms with van der Waals surface area (Å²) in [4.78, 5) is 2.41. The molecule has 2 aliphatic carbocycles. The van der Waals surface area contributed by atoms with Crippen molar-refractivity contribution in [1.29, 1.82) is 0 Å². The van der Waals surface area contributed by atoms with Gasteiger partial charge in [0.15, 0.2) is 0 Å². The lowest BCUT2D eigenvalue weighted by Crippen LogP contribution is -2.28. The topological polar surface area (TPSA) is 16.4 Å². The maximum atomic E-state index is 6.91. The molecule has 0 fully saturated rings. The van der Waals surface area contributed by atoms with Crippen LogP contribution in [0.2, 0.25) is 0 Å². The van der Waals surface area contributed by atoms with Crippen molar-refractivity contribution < 1.29 is 4.42 Å². The molecule has 12 rings (SSSR count). The standard InChI is InChI=1S/C59H41NO/c1-5-17-40(18-6-1)41-29-31-45(32-30-41)60(47-34-36-52-56(38-47)61-57-39-53(42-19-7-2-8-20-42)48-25-13-14-27-51(48)58(52)57)46-33-35-50-49-26-15-16-28-54(49)59(55(50)37-46,43-21-9-3-10-22-43)44-23-11-4-12-24-44/h1-17,19-40H,18H2. The molecule has 1 heterocycles. The Bertz CT molecular complexity index is 3280. The minimum Gasteiger partial charge on any atom is -0.456 e. The van der Waals surface area contributed by atoms with Crippen molar-refractivity contribution in [2.75, 3.05) is 4.90 Å². The molecular formula is C59H41NO. The average Bonchev–Trinajstić information content (AvgIpc) is 3.86. The van der Waals surface area contributed by atoms with Gasteiger partial charge in [0, 0.05) is 39.8 Å². The Morgan fingerprint density at radius 1 is 0.443 bits per heavy atom. The van der Waals surface area contributed by atoms with E-state index >= 15 is 0 Å². The molecule has 0 amide bonds. The van der Waals surface area contributed by atoms with Crippen LogP contribution in [0.25, 0.3) is 55.0 Å². The molecule has 0 spiro atoms. The van der Waals surface area contributed by atoms with Gasteiger partial charge in [0.05, 0.1) is 5.41 Å². The Labute approximate surface area is 356 Å². The van der Waals surface area contributed by atoms with Crippen molar-refractivity contribution in [3.63, 3.8) is 0 Å². The van der Waals surface area contributed by atoms with Crippen LogP contribution in [0.5, 0.6) is 0 Å². The van der Waals surface area contributed by atoms with Gasteiger partial charge in [-0.2, -0.15) is 0 Å². The van der Waals surface area contributed by atoms with Gasteiger partial charge in [-0.25, -0.2) is 0 Å². The van der Waals surface area contributed by atoms with Crippen LogP contribution in [0.15, 0.2) is 235 Å². The van der Waals surface area contributed by atoms with Crippen LogP contribution in [-0.2, 0) is 5.41 Å². The normalized spacial score (nSPS) is 15.0. The lowest BCUT2D eigenvalue weighted by Gasteiger charge is -2.35. The van der Waals surface area contributed by atoms with Crippen molar-refractivity contribution >= 4 is 49.8 Å². The maximum absolute atomic E-state index is 6.91. The summed E-state index contributed by atoms with van der Waals surface area (Å²) >= 11 is 0. The van der Waals surface area contributed by atoms with E-state index in [1.54, 1.807) is 0 Å². The highest BCUT2D eigenvalue weighted by Crippen LogP contribution is 2.57. The minimum absolute atomic E-state index is 0.367. The summed E-state index contributed by atoms with van der Waals surface area (Å²) in [7, 11) is 0. The van der Waals surface area contributed by atoms with Gasteiger partial charge >= 0.3 is 0 Å². The zero-order chi connectivity index (χ0) is 40.3. The molecule has 2 aliphatic rings. The molecule has 10 aromatic rings. The highest BCUT2D eigenvalue weighted by Gasteiger charge is 2.46. The molecule has 0 radical (unpaired) electrons. The van der Waals surface area contributed by atoms with Gasteiger partial charge in [0.2, 0.25) is 0 Å². The Balaban J connectivity index is 1.08. The van der Waals surface area contributed by atoms with E-state index in [2.05, 4.69) is 235 Å². The van der Waals surface area contributed by atoms with E-state index in [1.807, 2.05) is 0 Å². The van der Waals surface area contributed by atoms with E-state index in [0.29, 0.717) is 5.92 Å². The third-order valence-corrected chi connectivity index (χ3v) is 13.1. The summed E-state index contributed by atoms with van der Waals surface area (Å²) in [6, 6.07) is 75.6. The largest absolute Gasteiger partial charge is 0.456 e. The van der Waals surface area contributed by atoms with E-state index < -0.39 is 5.41 Å². The van der Waals surface area contributed by atoms with Crippen LogP contribution in [-0.4, -0.2) is 0 Å². The van der Waals surface area contributed by atoms with Gasteiger partial charge in [-0.15, -0.1) is 0 Å². The minimum atomic E-state index is -0.513. The quantitative estimate of drug-likeness (QED) is 0.160. The number of nitrogens with zero attached hydrogens (tertiary/aromatic N) is 1. The van der Waals surface area contributed by atoms with Crippen molar-refractivity contribution in [3.8, 4) is 22.3 Å². The Kier molecular flexibility index (Phi) is 8.24. The van der Waals surface area contributed by atoms with E-state index in [4.69, 9.17) is 4.42 Å². The number of anilines is 3. The molecule has 0 bridgehead atoms. The predicted octanol–water partition coefficient (Wildman–Crippen LogP) is 15.8. The van der Waals surface area contributed by atoms with E-state index in [0.717, 1.165) is 45.4 Å². The zero-order valence-electron chi connectivity index (χ0n) is 33.6. The van der Waals surface area contributed by atoms with Crippen molar-refractivity contribution in [2.45, 2.75) is 17.8 Å². The van der Waals surface area contributed by atoms with Gasteiger partial charge in [0.25, 0.3) is 0 Å². The van der Waals surface area contributed by atoms with E-state index in [1.165, 1.54) is 60.8 Å². The van der Waals surface area contributed by atoms with Crippen molar-refractivity contribution in [1.82, 2.24) is 0 Å². The summed E-state index contributed by atoms with van der Waals surface area (Å²) in [5.74, 6) is 0.367. The molecule has 1 unspecified atom stereocenters.